The van der Waals surface area contributed by atoms with E-state index in [0.29, 0.717) is 6.42 Å². The van der Waals surface area contributed by atoms with Gasteiger partial charge in [-0.25, -0.2) is 0 Å². The van der Waals surface area contributed by atoms with Crippen LogP contribution in [0.15, 0.2) is 0 Å². The Kier molecular flexibility index (Phi) is 5.50. The fourth-order valence-electron chi connectivity index (χ4n) is 2.51. The van der Waals surface area contributed by atoms with Crippen molar-refractivity contribution < 1.29 is 14.3 Å². The van der Waals surface area contributed by atoms with Gasteiger partial charge in [-0.3, -0.25) is 9.59 Å². The average molecular weight is 226 g/mol. The summed E-state index contributed by atoms with van der Waals surface area (Å²) in [5, 5.41) is 0. The van der Waals surface area contributed by atoms with Gasteiger partial charge in [-0.2, -0.15) is 0 Å². The van der Waals surface area contributed by atoms with E-state index in [1.165, 1.54) is 26.4 Å². The van der Waals surface area contributed by atoms with E-state index in [1.54, 1.807) is 0 Å². The molecule has 3 heteroatoms. The molecule has 0 radical (unpaired) electrons. The van der Waals surface area contributed by atoms with Gasteiger partial charge in [-0.15, -0.1) is 0 Å². The number of Topliss-reactive ketones (excluding diaryl/α,β-unsaturated/α-hetero) is 1. The van der Waals surface area contributed by atoms with Crippen LogP contribution >= 0.6 is 0 Å². The molecule has 0 N–H and O–H groups in total. The zero-order valence-electron chi connectivity index (χ0n) is 10.3. The highest BCUT2D eigenvalue weighted by Gasteiger charge is 2.40. The van der Waals surface area contributed by atoms with E-state index in [2.05, 4.69) is 6.92 Å². The molecule has 1 aliphatic rings. The zero-order valence-corrected chi connectivity index (χ0v) is 10.3. The van der Waals surface area contributed by atoms with Crippen molar-refractivity contribution >= 4 is 11.8 Å². The molecular weight excluding hydrogens is 204 g/mol. The van der Waals surface area contributed by atoms with Gasteiger partial charge in [0.15, 0.2) is 0 Å². The lowest BCUT2D eigenvalue weighted by Crippen LogP contribution is -2.26. The Labute approximate surface area is 97.5 Å². The quantitative estimate of drug-likeness (QED) is 0.397. The number of ether oxygens (including phenoxy) is 1. The van der Waals surface area contributed by atoms with E-state index < -0.39 is 5.92 Å². The van der Waals surface area contributed by atoms with Crippen molar-refractivity contribution in [1.29, 1.82) is 0 Å². The Morgan fingerprint density at radius 1 is 1.38 bits per heavy atom. The maximum Gasteiger partial charge on any atom is 0.316 e. The van der Waals surface area contributed by atoms with E-state index in [-0.39, 0.29) is 17.7 Å². The Balaban J connectivity index is 2.39. The fraction of sp³-hybridized carbons (Fsp3) is 0.846. The first-order valence-electron chi connectivity index (χ1n) is 6.31. The molecule has 0 saturated heterocycles. The first-order chi connectivity index (χ1) is 7.70. The molecule has 0 spiro atoms. The fourth-order valence-corrected chi connectivity index (χ4v) is 2.51. The van der Waals surface area contributed by atoms with Gasteiger partial charge in [-0.05, 0) is 18.8 Å². The molecular formula is C13H22O3. The number of rotatable bonds is 6. The van der Waals surface area contributed by atoms with Crippen LogP contribution < -0.4 is 0 Å². The van der Waals surface area contributed by atoms with Crippen LogP contribution in [-0.2, 0) is 14.3 Å². The summed E-state index contributed by atoms with van der Waals surface area (Å²) in [7, 11) is 1.36. The minimum Gasteiger partial charge on any atom is -0.468 e. The van der Waals surface area contributed by atoms with Gasteiger partial charge in [0.1, 0.15) is 11.7 Å². The molecule has 2 atom stereocenters. The standard InChI is InChI=1S/C13H22O3/c1-3-4-5-6-7-10-8-9-11(14)12(10)13(15)16-2/h10,12H,3-9H2,1-2H3. The van der Waals surface area contributed by atoms with Gasteiger partial charge in [0.25, 0.3) is 0 Å². The van der Waals surface area contributed by atoms with Crippen LogP contribution in [0.1, 0.15) is 51.9 Å². The number of ketones is 1. The second-order valence-corrected chi connectivity index (χ2v) is 4.62. The minimum atomic E-state index is -0.466. The summed E-state index contributed by atoms with van der Waals surface area (Å²) >= 11 is 0. The largest absolute Gasteiger partial charge is 0.468 e. The summed E-state index contributed by atoms with van der Waals surface area (Å²) in [6.07, 6.45) is 7.19. The molecule has 0 aliphatic heterocycles. The molecule has 2 unspecified atom stereocenters. The summed E-state index contributed by atoms with van der Waals surface area (Å²) in [5.41, 5.74) is 0. The number of carbonyl (C=O) groups excluding carboxylic acids is 2. The summed E-state index contributed by atoms with van der Waals surface area (Å²) in [6.45, 7) is 2.18. The molecule has 0 aromatic rings. The highest BCUT2D eigenvalue weighted by atomic mass is 16.5. The molecule has 1 rings (SSSR count). The van der Waals surface area contributed by atoms with Gasteiger partial charge in [0.05, 0.1) is 7.11 Å². The third kappa shape index (κ3) is 3.32. The molecule has 16 heavy (non-hydrogen) atoms. The van der Waals surface area contributed by atoms with Crippen molar-refractivity contribution in [2.45, 2.75) is 51.9 Å². The average Bonchev–Trinajstić information content (AvgIpc) is 2.65. The number of esters is 1. The second kappa shape index (κ2) is 6.66. The molecule has 1 aliphatic carbocycles. The van der Waals surface area contributed by atoms with Crippen LogP contribution in [0.2, 0.25) is 0 Å². The van der Waals surface area contributed by atoms with Gasteiger partial charge in [0.2, 0.25) is 0 Å². The summed E-state index contributed by atoms with van der Waals surface area (Å²) < 4.78 is 4.70. The molecule has 0 aromatic heterocycles. The van der Waals surface area contributed by atoms with Gasteiger partial charge in [-0.1, -0.05) is 32.6 Å². The zero-order chi connectivity index (χ0) is 12.0. The molecule has 1 fully saturated rings. The summed E-state index contributed by atoms with van der Waals surface area (Å²) in [5.74, 6) is -0.487. The number of methoxy groups -OCH3 is 1. The number of unbranched alkanes of at least 4 members (excludes halogenated alkanes) is 3. The van der Waals surface area contributed by atoms with Gasteiger partial charge < -0.3 is 4.74 Å². The van der Waals surface area contributed by atoms with Crippen molar-refractivity contribution in [1.82, 2.24) is 0 Å². The summed E-state index contributed by atoms with van der Waals surface area (Å²) in [4.78, 5) is 23.1. The molecule has 3 nitrogen and oxygen atoms in total. The van der Waals surface area contributed by atoms with Crippen LogP contribution in [0.25, 0.3) is 0 Å². The van der Waals surface area contributed by atoms with E-state index in [9.17, 15) is 9.59 Å². The Morgan fingerprint density at radius 3 is 2.75 bits per heavy atom. The molecule has 0 amide bonds. The highest BCUT2D eigenvalue weighted by Crippen LogP contribution is 2.33. The van der Waals surface area contributed by atoms with Crippen molar-refractivity contribution in [3.05, 3.63) is 0 Å². The Morgan fingerprint density at radius 2 is 2.12 bits per heavy atom. The lowest BCUT2D eigenvalue weighted by atomic mass is 9.90. The third-order valence-electron chi connectivity index (χ3n) is 3.46. The number of hydrogen-bond acceptors (Lipinski definition) is 3. The van der Waals surface area contributed by atoms with E-state index in [4.69, 9.17) is 4.74 Å². The van der Waals surface area contributed by atoms with Gasteiger partial charge in [0, 0.05) is 6.42 Å². The predicted molar refractivity (Wildman–Crippen MR) is 62.0 cm³/mol. The van der Waals surface area contributed by atoms with Crippen LogP contribution in [0.5, 0.6) is 0 Å². The first kappa shape index (κ1) is 13.2. The van der Waals surface area contributed by atoms with Gasteiger partial charge >= 0.3 is 5.97 Å². The smallest absolute Gasteiger partial charge is 0.316 e. The number of carbonyl (C=O) groups is 2. The van der Waals surface area contributed by atoms with E-state index >= 15 is 0 Å². The Hall–Kier alpha value is -0.860. The summed E-state index contributed by atoms with van der Waals surface area (Å²) in [6, 6.07) is 0. The lowest BCUT2D eigenvalue weighted by Gasteiger charge is -2.15. The van der Waals surface area contributed by atoms with Crippen LogP contribution in [0.3, 0.4) is 0 Å². The maximum atomic E-state index is 11.6. The molecule has 92 valence electrons. The first-order valence-corrected chi connectivity index (χ1v) is 6.31. The highest BCUT2D eigenvalue weighted by molar-refractivity contribution is 6.00. The normalized spacial score (nSPS) is 24.8. The van der Waals surface area contributed by atoms with Crippen molar-refractivity contribution in [3.63, 3.8) is 0 Å². The SMILES string of the molecule is CCCCCCC1CCC(=O)C1C(=O)OC. The lowest BCUT2D eigenvalue weighted by molar-refractivity contribution is -0.149. The maximum absolute atomic E-state index is 11.6. The second-order valence-electron chi connectivity index (χ2n) is 4.62. The van der Waals surface area contributed by atoms with E-state index in [0.717, 1.165) is 19.3 Å². The van der Waals surface area contributed by atoms with Crippen LogP contribution in [0.4, 0.5) is 0 Å². The topological polar surface area (TPSA) is 43.4 Å². The monoisotopic (exact) mass is 226 g/mol. The molecule has 0 bridgehead atoms. The van der Waals surface area contributed by atoms with Crippen LogP contribution in [-0.4, -0.2) is 18.9 Å². The Bertz CT molecular complexity index is 248. The predicted octanol–water partition coefficient (Wildman–Crippen LogP) is 2.73. The third-order valence-corrected chi connectivity index (χ3v) is 3.46. The van der Waals surface area contributed by atoms with Crippen LogP contribution in [0, 0.1) is 11.8 Å². The van der Waals surface area contributed by atoms with E-state index in [1.807, 2.05) is 0 Å². The van der Waals surface area contributed by atoms with Crippen molar-refractivity contribution in [2.75, 3.05) is 7.11 Å². The molecule has 0 heterocycles. The van der Waals surface area contributed by atoms with Crippen molar-refractivity contribution in [3.8, 4) is 0 Å². The molecule has 1 saturated carbocycles. The minimum absolute atomic E-state index is 0.0762. The molecule has 0 aromatic carbocycles. The number of hydrogen-bond donors (Lipinski definition) is 0. The van der Waals surface area contributed by atoms with Crippen molar-refractivity contribution in [2.24, 2.45) is 11.8 Å².